The van der Waals surface area contributed by atoms with Gasteiger partial charge in [-0.3, -0.25) is 4.79 Å². The summed E-state index contributed by atoms with van der Waals surface area (Å²) in [6.07, 6.45) is 0.682. The van der Waals surface area contributed by atoms with Crippen molar-refractivity contribution in [3.8, 4) is 5.75 Å². The second kappa shape index (κ2) is 5.19. The van der Waals surface area contributed by atoms with Crippen LogP contribution < -0.4 is 10.1 Å². The number of hydrogen-bond donors (Lipinski definition) is 2. The second-order valence-corrected chi connectivity index (χ2v) is 4.32. The number of benzene rings is 1. The molecule has 2 rings (SSSR count). The van der Waals surface area contributed by atoms with E-state index in [1.807, 2.05) is 24.3 Å². The number of aliphatic hydroxyl groups is 1. The van der Waals surface area contributed by atoms with E-state index in [4.69, 9.17) is 9.84 Å². The normalized spacial score (nSPS) is 20.0. The number of nitrogens with one attached hydrogen (secondary N) is 1. The smallest absolute Gasteiger partial charge is 0.228 e. The van der Waals surface area contributed by atoms with Crippen molar-refractivity contribution in [2.75, 3.05) is 13.2 Å². The zero-order valence-corrected chi connectivity index (χ0v) is 9.85. The molecule has 0 saturated heterocycles. The minimum Gasteiger partial charge on any atom is -0.493 e. The van der Waals surface area contributed by atoms with Gasteiger partial charge in [0.05, 0.1) is 19.1 Å². The third-order valence-corrected chi connectivity index (χ3v) is 2.94. The van der Waals surface area contributed by atoms with Crippen LogP contribution in [0.2, 0.25) is 0 Å². The minimum atomic E-state index is -0.211. The zero-order valence-electron chi connectivity index (χ0n) is 9.85. The van der Waals surface area contributed by atoms with Crippen LogP contribution in [0.3, 0.4) is 0 Å². The Morgan fingerprint density at radius 3 is 3.12 bits per heavy atom. The molecule has 0 saturated carbocycles. The molecule has 4 nitrogen and oxygen atoms in total. The van der Waals surface area contributed by atoms with E-state index < -0.39 is 0 Å². The quantitative estimate of drug-likeness (QED) is 0.823. The van der Waals surface area contributed by atoms with Crippen LogP contribution in [-0.4, -0.2) is 30.3 Å². The van der Waals surface area contributed by atoms with E-state index in [2.05, 4.69) is 5.32 Å². The first-order valence-electron chi connectivity index (χ1n) is 5.85. The first-order chi connectivity index (χ1) is 8.22. The van der Waals surface area contributed by atoms with Gasteiger partial charge in [0.25, 0.3) is 0 Å². The molecule has 0 spiro atoms. The van der Waals surface area contributed by atoms with Gasteiger partial charge in [-0.2, -0.15) is 0 Å². The molecular weight excluding hydrogens is 218 g/mol. The summed E-state index contributed by atoms with van der Waals surface area (Å²) >= 11 is 0. The number of rotatable bonds is 3. The molecule has 1 aromatic carbocycles. The van der Waals surface area contributed by atoms with E-state index in [0.29, 0.717) is 13.0 Å². The molecular formula is C13H17NO3. The molecule has 1 heterocycles. The Kier molecular flexibility index (Phi) is 3.64. The fourth-order valence-electron chi connectivity index (χ4n) is 2.00. The van der Waals surface area contributed by atoms with Gasteiger partial charge in [-0.25, -0.2) is 0 Å². The maximum atomic E-state index is 12.1. The standard InChI is InChI=1S/C13H17NO3/c1-9(8-15)14-13(16)11-6-7-17-12-5-3-2-4-10(11)12/h2-5,9,11,15H,6-8H2,1H3,(H,14,16)/t9-,11?/m0/s1. The monoisotopic (exact) mass is 235 g/mol. The highest BCUT2D eigenvalue weighted by Gasteiger charge is 2.27. The number of carbonyl (C=O) groups excluding carboxylic acids is 1. The maximum Gasteiger partial charge on any atom is 0.228 e. The van der Waals surface area contributed by atoms with E-state index >= 15 is 0 Å². The molecule has 4 heteroatoms. The summed E-state index contributed by atoms with van der Waals surface area (Å²) in [4.78, 5) is 12.1. The van der Waals surface area contributed by atoms with Gasteiger partial charge in [0, 0.05) is 11.6 Å². The van der Waals surface area contributed by atoms with Gasteiger partial charge in [0.1, 0.15) is 5.75 Å². The van der Waals surface area contributed by atoms with Gasteiger partial charge in [-0.1, -0.05) is 18.2 Å². The van der Waals surface area contributed by atoms with Crippen LogP contribution in [0.4, 0.5) is 0 Å². The van der Waals surface area contributed by atoms with Crippen molar-refractivity contribution < 1.29 is 14.6 Å². The van der Waals surface area contributed by atoms with Crippen LogP contribution >= 0.6 is 0 Å². The van der Waals surface area contributed by atoms with E-state index in [-0.39, 0.29) is 24.5 Å². The Morgan fingerprint density at radius 1 is 1.59 bits per heavy atom. The predicted molar refractivity (Wildman–Crippen MR) is 64.0 cm³/mol. The van der Waals surface area contributed by atoms with Gasteiger partial charge in [-0.05, 0) is 19.4 Å². The summed E-state index contributed by atoms with van der Waals surface area (Å²) in [5, 5.41) is 11.7. The SMILES string of the molecule is C[C@@H](CO)NC(=O)C1CCOc2ccccc21. The molecule has 0 fully saturated rings. The molecule has 1 aliphatic rings. The maximum absolute atomic E-state index is 12.1. The van der Waals surface area contributed by atoms with Crippen molar-refractivity contribution in [3.05, 3.63) is 29.8 Å². The van der Waals surface area contributed by atoms with Gasteiger partial charge in [0.2, 0.25) is 5.91 Å². The van der Waals surface area contributed by atoms with Crippen LogP contribution in [-0.2, 0) is 4.79 Å². The molecule has 1 aliphatic heterocycles. The Bertz CT molecular complexity index is 405. The zero-order chi connectivity index (χ0) is 12.3. The number of carbonyl (C=O) groups is 1. The number of amides is 1. The lowest BCUT2D eigenvalue weighted by molar-refractivity contribution is -0.124. The predicted octanol–water partition coefficient (Wildman–Crippen LogP) is 1.05. The summed E-state index contributed by atoms with van der Waals surface area (Å²) in [5.74, 6) is 0.576. The molecule has 92 valence electrons. The molecule has 0 aromatic heterocycles. The van der Waals surface area contributed by atoms with Crippen molar-refractivity contribution in [3.63, 3.8) is 0 Å². The van der Waals surface area contributed by atoms with Crippen LogP contribution in [0.25, 0.3) is 0 Å². The third kappa shape index (κ3) is 2.58. The summed E-state index contributed by atoms with van der Waals surface area (Å²) in [5.41, 5.74) is 0.932. The van der Waals surface area contributed by atoms with Gasteiger partial charge < -0.3 is 15.2 Å². The summed E-state index contributed by atoms with van der Waals surface area (Å²) in [7, 11) is 0. The van der Waals surface area contributed by atoms with Crippen molar-refractivity contribution in [1.82, 2.24) is 5.32 Å². The van der Waals surface area contributed by atoms with Gasteiger partial charge in [-0.15, -0.1) is 0 Å². The fourth-order valence-corrected chi connectivity index (χ4v) is 2.00. The number of para-hydroxylation sites is 1. The molecule has 17 heavy (non-hydrogen) atoms. The average molecular weight is 235 g/mol. The molecule has 2 atom stereocenters. The lowest BCUT2D eigenvalue weighted by Crippen LogP contribution is -2.39. The van der Waals surface area contributed by atoms with Crippen LogP contribution in [0.15, 0.2) is 24.3 Å². The highest BCUT2D eigenvalue weighted by Crippen LogP contribution is 2.33. The number of ether oxygens (including phenoxy) is 1. The Labute approximate surface area is 101 Å². The van der Waals surface area contributed by atoms with Gasteiger partial charge >= 0.3 is 0 Å². The Morgan fingerprint density at radius 2 is 2.35 bits per heavy atom. The first kappa shape index (κ1) is 11.9. The number of fused-ring (bicyclic) bond motifs is 1. The van der Waals surface area contributed by atoms with E-state index in [1.165, 1.54) is 0 Å². The summed E-state index contributed by atoms with van der Waals surface area (Å²) in [6, 6.07) is 7.39. The van der Waals surface area contributed by atoms with Crippen LogP contribution in [0.1, 0.15) is 24.8 Å². The molecule has 0 bridgehead atoms. The van der Waals surface area contributed by atoms with Crippen LogP contribution in [0, 0.1) is 0 Å². The lowest BCUT2D eigenvalue weighted by atomic mass is 9.92. The van der Waals surface area contributed by atoms with E-state index in [0.717, 1.165) is 11.3 Å². The van der Waals surface area contributed by atoms with Crippen molar-refractivity contribution in [1.29, 1.82) is 0 Å². The topological polar surface area (TPSA) is 58.6 Å². The Balaban J connectivity index is 2.15. The molecule has 1 amide bonds. The largest absolute Gasteiger partial charge is 0.493 e. The second-order valence-electron chi connectivity index (χ2n) is 4.32. The fraction of sp³-hybridized carbons (Fsp3) is 0.462. The first-order valence-corrected chi connectivity index (χ1v) is 5.85. The highest BCUT2D eigenvalue weighted by molar-refractivity contribution is 5.85. The third-order valence-electron chi connectivity index (χ3n) is 2.94. The van der Waals surface area contributed by atoms with Gasteiger partial charge in [0.15, 0.2) is 0 Å². The van der Waals surface area contributed by atoms with E-state index in [1.54, 1.807) is 6.92 Å². The highest BCUT2D eigenvalue weighted by atomic mass is 16.5. The molecule has 2 N–H and O–H groups in total. The Hall–Kier alpha value is -1.55. The summed E-state index contributed by atoms with van der Waals surface area (Å²) in [6.45, 7) is 2.29. The lowest BCUT2D eigenvalue weighted by Gasteiger charge is -2.26. The van der Waals surface area contributed by atoms with Crippen molar-refractivity contribution in [2.24, 2.45) is 0 Å². The average Bonchev–Trinajstić information content (AvgIpc) is 2.37. The molecule has 1 unspecified atom stereocenters. The number of aliphatic hydroxyl groups excluding tert-OH is 1. The van der Waals surface area contributed by atoms with Crippen LogP contribution in [0.5, 0.6) is 5.75 Å². The van der Waals surface area contributed by atoms with Crippen molar-refractivity contribution in [2.45, 2.75) is 25.3 Å². The molecule has 1 aromatic rings. The molecule has 0 aliphatic carbocycles. The molecule has 0 radical (unpaired) electrons. The summed E-state index contributed by atoms with van der Waals surface area (Å²) < 4.78 is 5.51. The number of hydrogen-bond acceptors (Lipinski definition) is 3. The van der Waals surface area contributed by atoms with E-state index in [9.17, 15) is 4.79 Å². The minimum absolute atomic E-state index is 0.0395. The van der Waals surface area contributed by atoms with Crippen molar-refractivity contribution >= 4 is 5.91 Å².